The fourth-order valence-electron chi connectivity index (χ4n) is 1.46. The third-order valence-electron chi connectivity index (χ3n) is 2.29. The summed E-state index contributed by atoms with van der Waals surface area (Å²) in [5, 5.41) is 3.31. The van der Waals surface area contributed by atoms with Crippen LogP contribution in [0.15, 0.2) is 0 Å². The Morgan fingerprint density at radius 2 is 2.00 bits per heavy atom. The number of carbonyl (C=O) groups is 1. The van der Waals surface area contributed by atoms with Crippen LogP contribution in [0.4, 0.5) is 0 Å². The van der Waals surface area contributed by atoms with Crippen molar-refractivity contribution in [2.24, 2.45) is 0 Å². The Balaban J connectivity index is 3.73. The van der Waals surface area contributed by atoms with Crippen molar-refractivity contribution in [3.8, 4) is 0 Å². The van der Waals surface area contributed by atoms with Gasteiger partial charge in [-0.25, -0.2) is 4.79 Å². The lowest BCUT2D eigenvalue weighted by Crippen LogP contribution is -2.29. The Labute approximate surface area is 105 Å². The average molecular weight is 245 g/mol. The molecule has 0 aliphatic rings. The average Bonchev–Trinajstić information content (AvgIpc) is 2.27. The summed E-state index contributed by atoms with van der Waals surface area (Å²) < 4.78 is 10.5. The molecule has 4 heteroatoms. The fraction of sp³-hybridized carbons (Fsp3) is 0.923. The smallest absolute Gasteiger partial charge is 0.335 e. The predicted molar refractivity (Wildman–Crippen MR) is 69.0 cm³/mol. The minimum Gasteiger partial charge on any atom is -0.464 e. The Morgan fingerprint density at radius 1 is 1.29 bits per heavy atom. The lowest BCUT2D eigenvalue weighted by atomic mass is 10.2. The molecule has 102 valence electrons. The topological polar surface area (TPSA) is 47.6 Å². The molecule has 0 amide bonds. The van der Waals surface area contributed by atoms with Gasteiger partial charge in [-0.15, -0.1) is 0 Å². The Morgan fingerprint density at radius 3 is 2.53 bits per heavy atom. The molecule has 0 fully saturated rings. The largest absolute Gasteiger partial charge is 0.464 e. The first-order valence-electron chi connectivity index (χ1n) is 6.63. The predicted octanol–water partition coefficient (Wildman–Crippen LogP) is 2.12. The molecule has 0 radical (unpaired) electrons. The molecule has 0 saturated heterocycles. The molecule has 0 aromatic carbocycles. The number of nitrogens with one attached hydrogen (secondary N) is 1. The number of carbonyl (C=O) groups excluding carboxylic acids is 1. The van der Waals surface area contributed by atoms with Crippen LogP contribution in [0.2, 0.25) is 0 Å². The first-order valence-corrected chi connectivity index (χ1v) is 6.63. The van der Waals surface area contributed by atoms with Crippen molar-refractivity contribution >= 4 is 5.97 Å². The zero-order valence-electron chi connectivity index (χ0n) is 11.6. The molecule has 1 N–H and O–H groups in total. The molecular weight excluding hydrogens is 218 g/mol. The van der Waals surface area contributed by atoms with Gasteiger partial charge in [0, 0.05) is 12.6 Å². The normalized spacial score (nSPS) is 12.8. The minimum absolute atomic E-state index is 0.230. The van der Waals surface area contributed by atoms with Crippen LogP contribution in [0.1, 0.15) is 47.0 Å². The summed E-state index contributed by atoms with van der Waals surface area (Å²) >= 11 is 0. The molecule has 1 atom stereocenters. The molecule has 0 aliphatic carbocycles. The van der Waals surface area contributed by atoms with E-state index in [9.17, 15) is 4.79 Å². The summed E-state index contributed by atoms with van der Waals surface area (Å²) in [7, 11) is 0. The highest BCUT2D eigenvalue weighted by Gasteiger charge is 2.18. The summed E-state index contributed by atoms with van der Waals surface area (Å²) in [5.74, 6) is -0.230. The molecule has 0 spiro atoms. The lowest BCUT2D eigenvalue weighted by Gasteiger charge is -2.16. The fourth-order valence-corrected chi connectivity index (χ4v) is 1.46. The quantitative estimate of drug-likeness (QED) is 0.473. The molecule has 0 aromatic rings. The number of hydrogen-bond acceptors (Lipinski definition) is 4. The van der Waals surface area contributed by atoms with E-state index in [1.165, 1.54) is 0 Å². The van der Waals surface area contributed by atoms with E-state index in [2.05, 4.69) is 19.2 Å². The standard InChI is InChI=1S/C13H27NO3/c1-5-8-12(13(15)16-6-2)17-10-7-9-14-11(3)4/h11-12,14H,5-10H2,1-4H3. The monoisotopic (exact) mass is 245 g/mol. The van der Waals surface area contributed by atoms with Gasteiger partial charge in [0.15, 0.2) is 6.10 Å². The number of hydrogen-bond donors (Lipinski definition) is 1. The van der Waals surface area contributed by atoms with Crippen LogP contribution in [-0.4, -0.2) is 37.9 Å². The van der Waals surface area contributed by atoms with Gasteiger partial charge in [0.2, 0.25) is 0 Å². The molecular formula is C13H27NO3. The van der Waals surface area contributed by atoms with Crippen molar-refractivity contribution in [1.29, 1.82) is 0 Å². The van der Waals surface area contributed by atoms with Crippen LogP contribution in [0, 0.1) is 0 Å². The van der Waals surface area contributed by atoms with Crippen molar-refractivity contribution in [2.75, 3.05) is 19.8 Å². The summed E-state index contributed by atoms with van der Waals surface area (Å²) in [5.41, 5.74) is 0. The second kappa shape index (κ2) is 10.5. The Kier molecular flexibility index (Phi) is 10.2. The molecule has 0 saturated carbocycles. The first kappa shape index (κ1) is 16.4. The highest BCUT2D eigenvalue weighted by atomic mass is 16.6. The molecule has 4 nitrogen and oxygen atoms in total. The van der Waals surface area contributed by atoms with E-state index in [0.717, 1.165) is 25.8 Å². The molecule has 0 aromatic heterocycles. The van der Waals surface area contributed by atoms with E-state index >= 15 is 0 Å². The Bertz CT molecular complexity index is 195. The SMILES string of the molecule is CCCC(OCCCNC(C)C)C(=O)OCC. The van der Waals surface area contributed by atoms with Gasteiger partial charge >= 0.3 is 5.97 Å². The third kappa shape index (κ3) is 9.12. The van der Waals surface area contributed by atoms with Crippen LogP contribution in [-0.2, 0) is 14.3 Å². The van der Waals surface area contributed by atoms with Gasteiger partial charge in [0.1, 0.15) is 0 Å². The number of rotatable bonds is 10. The molecule has 0 bridgehead atoms. The van der Waals surface area contributed by atoms with Gasteiger partial charge in [-0.3, -0.25) is 0 Å². The zero-order chi connectivity index (χ0) is 13.1. The molecule has 0 aliphatic heterocycles. The lowest BCUT2D eigenvalue weighted by molar-refractivity contribution is -0.157. The van der Waals surface area contributed by atoms with Gasteiger partial charge in [-0.05, 0) is 26.3 Å². The molecule has 17 heavy (non-hydrogen) atoms. The van der Waals surface area contributed by atoms with Crippen LogP contribution in [0.3, 0.4) is 0 Å². The highest BCUT2D eigenvalue weighted by molar-refractivity contribution is 5.74. The molecule has 1 unspecified atom stereocenters. The van der Waals surface area contributed by atoms with Gasteiger partial charge in [0.05, 0.1) is 6.61 Å². The first-order chi connectivity index (χ1) is 8.11. The van der Waals surface area contributed by atoms with E-state index in [4.69, 9.17) is 9.47 Å². The van der Waals surface area contributed by atoms with E-state index in [1.807, 2.05) is 13.8 Å². The molecule has 0 rings (SSSR count). The van der Waals surface area contributed by atoms with Crippen LogP contribution in [0.5, 0.6) is 0 Å². The minimum atomic E-state index is -0.390. The number of ether oxygens (including phenoxy) is 2. The second-order valence-corrected chi connectivity index (χ2v) is 4.36. The maximum absolute atomic E-state index is 11.5. The maximum atomic E-state index is 11.5. The van der Waals surface area contributed by atoms with Crippen molar-refractivity contribution in [3.63, 3.8) is 0 Å². The molecule has 0 heterocycles. The van der Waals surface area contributed by atoms with Crippen molar-refractivity contribution in [3.05, 3.63) is 0 Å². The maximum Gasteiger partial charge on any atom is 0.335 e. The number of esters is 1. The van der Waals surface area contributed by atoms with Gasteiger partial charge in [-0.2, -0.15) is 0 Å². The Hall–Kier alpha value is -0.610. The highest BCUT2D eigenvalue weighted by Crippen LogP contribution is 2.05. The van der Waals surface area contributed by atoms with Crippen molar-refractivity contribution in [2.45, 2.75) is 59.1 Å². The summed E-state index contributed by atoms with van der Waals surface area (Å²) in [4.78, 5) is 11.5. The van der Waals surface area contributed by atoms with Crippen molar-refractivity contribution in [1.82, 2.24) is 5.32 Å². The summed E-state index contributed by atoms with van der Waals surface area (Å²) in [6, 6.07) is 0.492. The zero-order valence-corrected chi connectivity index (χ0v) is 11.6. The summed E-state index contributed by atoms with van der Waals surface area (Å²) in [6.07, 6.45) is 2.18. The van der Waals surface area contributed by atoms with Gasteiger partial charge < -0.3 is 14.8 Å². The van der Waals surface area contributed by atoms with Gasteiger partial charge in [0.25, 0.3) is 0 Å². The van der Waals surface area contributed by atoms with E-state index in [-0.39, 0.29) is 12.1 Å². The van der Waals surface area contributed by atoms with E-state index in [1.54, 1.807) is 0 Å². The second-order valence-electron chi connectivity index (χ2n) is 4.36. The third-order valence-corrected chi connectivity index (χ3v) is 2.29. The van der Waals surface area contributed by atoms with Crippen LogP contribution in [0.25, 0.3) is 0 Å². The van der Waals surface area contributed by atoms with Gasteiger partial charge in [-0.1, -0.05) is 27.2 Å². The van der Waals surface area contributed by atoms with E-state index in [0.29, 0.717) is 19.3 Å². The van der Waals surface area contributed by atoms with E-state index < -0.39 is 0 Å². The summed E-state index contributed by atoms with van der Waals surface area (Å²) in [6.45, 7) is 10.0. The van der Waals surface area contributed by atoms with Crippen molar-refractivity contribution < 1.29 is 14.3 Å². The van der Waals surface area contributed by atoms with Crippen LogP contribution < -0.4 is 5.32 Å². The van der Waals surface area contributed by atoms with Crippen LogP contribution >= 0.6 is 0 Å².